The molecule has 0 aliphatic heterocycles. The predicted octanol–water partition coefficient (Wildman–Crippen LogP) is 7.85. The van der Waals surface area contributed by atoms with E-state index < -0.39 is 87.7 Å². The zero-order chi connectivity index (χ0) is 36.4. The van der Waals surface area contributed by atoms with Crippen LogP contribution in [0.2, 0.25) is 0 Å². The topological polar surface area (TPSA) is 47.9 Å². The predicted molar refractivity (Wildman–Crippen MR) is 104 cm³/mol. The minimum Gasteiger partial charge on any atom is -0.397 e. The maximum Gasteiger partial charge on any atom is 0.582 e. The first-order valence-corrected chi connectivity index (χ1v) is 12.8. The molecular formula is C18H21F21O4Si. The van der Waals surface area contributed by atoms with E-state index in [1.54, 1.807) is 6.92 Å². The van der Waals surface area contributed by atoms with E-state index in [1.807, 2.05) is 0 Å². The van der Waals surface area contributed by atoms with Crippen molar-refractivity contribution in [3.05, 3.63) is 0 Å². The Morgan fingerprint density at radius 2 is 0.568 bits per heavy atom. The Kier molecular flexibility index (Phi) is 13.6. The number of aliphatic hydroxyl groups excluding tert-OH is 1. The Labute approximate surface area is 233 Å². The summed E-state index contributed by atoms with van der Waals surface area (Å²) in [6.07, 6.45) is -8.03. The number of alkyl halides is 21. The third kappa shape index (κ3) is 6.29. The van der Waals surface area contributed by atoms with E-state index in [-0.39, 0.29) is 6.61 Å². The summed E-state index contributed by atoms with van der Waals surface area (Å²) in [6, 6.07) is 0. The second-order valence-electron chi connectivity index (χ2n) is 7.84. The largest absolute Gasteiger partial charge is 0.582 e. The van der Waals surface area contributed by atoms with Crippen molar-refractivity contribution in [1.29, 1.82) is 0 Å². The first kappa shape index (κ1) is 44.7. The molecule has 0 saturated carbocycles. The van der Waals surface area contributed by atoms with Crippen molar-refractivity contribution in [3.63, 3.8) is 0 Å². The van der Waals surface area contributed by atoms with Crippen molar-refractivity contribution in [2.75, 3.05) is 26.4 Å². The minimum absolute atomic E-state index is 0.250. The molecule has 0 saturated heterocycles. The molecule has 44 heavy (non-hydrogen) atoms. The van der Waals surface area contributed by atoms with Gasteiger partial charge >= 0.3 is 67.9 Å². The molecule has 0 radical (unpaired) electrons. The third-order valence-corrected chi connectivity index (χ3v) is 7.99. The molecule has 0 aromatic heterocycles. The first-order valence-electron chi connectivity index (χ1n) is 11.1. The lowest BCUT2D eigenvalue weighted by Gasteiger charge is -2.46. The van der Waals surface area contributed by atoms with Crippen LogP contribution in [0.4, 0.5) is 92.2 Å². The standard InChI is InChI=1S/C16H15F21O3Si.C2H6O/c1-4-38-41(39-5-2,40-6-3)16(36,37)14(31,32)12(27,28)10(23,24)8(19,20)7(17,18)9(21,22)11(25,26)13(29,30)15(33,34)35;1-2-3/h4-6H2,1-3H3;3H,2H2,1H3. The van der Waals surface area contributed by atoms with E-state index in [2.05, 4.69) is 13.3 Å². The van der Waals surface area contributed by atoms with Gasteiger partial charge in [-0.3, -0.25) is 0 Å². The molecule has 0 amide bonds. The molecule has 4 nitrogen and oxygen atoms in total. The fraction of sp³-hybridized carbons (Fsp3) is 1.00. The van der Waals surface area contributed by atoms with Crippen LogP contribution >= 0.6 is 0 Å². The Morgan fingerprint density at radius 1 is 0.386 bits per heavy atom. The molecule has 0 fully saturated rings. The maximum atomic E-state index is 14.7. The summed E-state index contributed by atoms with van der Waals surface area (Å²) in [5, 5.41) is 7.57. The third-order valence-electron chi connectivity index (χ3n) is 4.90. The van der Waals surface area contributed by atoms with Gasteiger partial charge in [-0.1, -0.05) is 0 Å². The van der Waals surface area contributed by atoms with Gasteiger partial charge in [0.15, 0.2) is 0 Å². The average molecular weight is 728 g/mol. The molecule has 0 heterocycles. The smallest absolute Gasteiger partial charge is 0.397 e. The van der Waals surface area contributed by atoms with Crippen molar-refractivity contribution in [1.82, 2.24) is 0 Å². The second kappa shape index (κ2) is 13.4. The van der Waals surface area contributed by atoms with Gasteiger partial charge in [-0.2, -0.15) is 92.2 Å². The summed E-state index contributed by atoms with van der Waals surface area (Å²) in [5.41, 5.74) is -7.09. The highest BCUT2D eigenvalue weighted by molar-refractivity contribution is 6.63. The normalized spacial score (nSPS) is 15.7. The summed E-state index contributed by atoms with van der Waals surface area (Å²) in [5.74, 6) is -71.0. The number of hydrogen-bond acceptors (Lipinski definition) is 4. The van der Waals surface area contributed by atoms with E-state index >= 15 is 0 Å². The number of rotatable bonds is 15. The summed E-state index contributed by atoms with van der Waals surface area (Å²) in [4.78, 5) is 0. The molecule has 0 bridgehead atoms. The van der Waals surface area contributed by atoms with Crippen molar-refractivity contribution >= 4 is 8.80 Å². The van der Waals surface area contributed by atoms with E-state index in [0.29, 0.717) is 20.8 Å². The van der Waals surface area contributed by atoms with E-state index in [0.717, 1.165) is 0 Å². The molecule has 0 aliphatic rings. The molecule has 0 spiro atoms. The Hall–Kier alpha value is -1.41. The molecular weight excluding hydrogens is 707 g/mol. The van der Waals surface area contributed by atoms with Gasteiger partial charge in [-0.25, -0.2) is 0 Å². The van der Waals surface area contributed by atoms with Gasteiger partial charge in [-0.05, 0) is 27.7 Å². The zero-order valence-corrected chi connectivity index (χ0v) is 22.9. The van der Waals surface area contributed by atoms with Crippen LogP contribution in [0.15, 0.2) is 0 Å². The highest BCUT2D eigenvalue weighted by Crippen LogP contribution is 2.66. The van der Waals surface area contributed by atoms with Crippen LogP contribution < -0.4 is 0 Å². The molecule has 26 heteroatoms. The fourth-order valence-corrected chi connectivity index (χ4v) is 5.19. The fourth-order valence-electron chi connectivity index (χ4n) is 2.72. The van der Waals surface area contributed by atoms with E-state index in [4.69, 9.17) is 5.11 Å². The quantitative estimate of drug-likeness (QED) is 0.138. The lowest BCUT2D eigenvalue weighted by molar-refractivity contribution is -0.473. The zero-order valence-electron chi connectivity index (χ0n) is 21.9. The van der Waals surface area contributed by atoms with Crippen molar-refractivity contribution in [2.45, 2.75) is 86.8 Å². The summed E-state index contributed by atoms with van der Waals surface area (Å²) in [6.45, 7) is 0.00572. The average Bonchev–Trinajstić information content (AvgIpc) is 2.83. The van der Waals surface area contributed by atoms with E-state index in [9.17, 15) is 92.2 Å². The van der Waals surface area contributed by atoms with Gasteiger partial charge < -0.3 is 18.4 Å². The van der Waals surface area contributed by atoms with Crippen LogP contribution in [0.3, 0.4) is 0 Å². The van der Waals surface area contributed by atoms with Gasteiger partial charge in [0.05, 0.1) is 0 Å². The maximum absolute atomic E-state index is 14.7. The van der Waals surface area contributed by atoms with Gasteiger partial charge in [0, 0.05) is 26.4 Å². The summed E-state index contributed by atoms with van der Waals surface area (Å²) >= 11 is 0. The van der Waals surface area contributed by atoms with Gasteiger partial charge in [0.25, 0.3) is 0 Å². The number of hydrogen-bond donors (Lipinski definition) is 1. The van der Waals surface area contributed by atoms with Crippen molar-refractivity contribution in [3.8, 4) is 0 Å². The van der Waals surface area contributed by atoms with Crippen molar-refractivity contribution < 1.29 is 111 Å². The SMILES string of the molecule is CCO.CCO[Si](OCC)(OCC)C(F)(F)C(F)(F)C(F)(F)C(F)(F)C(F)(F)C(F)(F)C(F)(F)C(F)(F)C(F)(F)C(F)(F)F. The van der Waals surface area contributed by atoms with Gasteiger partial charge in [0.1, 0.15) is 0 Å². The molecule has 268 valence electrons. The van der Waals surface area contributed by atoms with Crippen molar-refractivity contribution in [2.24, 2.45) is 0 Å². The molecule has 0 rings (SSSR count). The Bertz CT molecular complexity index is 864. The summed E-state index contributed by atoms with van der Waals surface area (Å²) in [7, 11) is -6.89. The molecule has 0 aromatic carbocycles. The van der Waals surface area contributed by atoms with Crippen LogP contribution in [-0.4, -0.2) is 99.4 Å². The Morgan fingerprint density at radius 3 is 0.750 bits per heavy atom. The molecule has 0 aromatic rings. The molecule has 0 unspecified atom stereocenters. The van der Waals surface area contributed by atoms with Crippen LogP contribution in [0.1, 0.15) is 27.7 Å². The lowest BCUT2D eigenvalue weighted by Crippen LogP contribution is -2.79. The second-order valence-corrected chi connectivity index (χ2v) is 10.4. The minimum atomic E-state index is -9.23. The van der Waals surface area contributed by atoms with Crippen LogP contribution in [0.5, 0.6) is 0 Å². The highest BCUT2D eigenvalue weighted by atomic mass is 28.4. The molecule has 1 N–H and O–H groups in total. The van der Waals surface area contributed by atoms with Gasteiger partial charge in [-0.15, -0.1) is 0 Å². The van der Waals surface area contributed by atoms with Crippen LogP contribution in [0, 0.1) is 0 Å². The van der Waals surface area contributed by atoms with E-state index in [1.165, 1.54) is 0 Å². The van der Waals surface area contributed by atoms with Gasteiger partial charge in [0.2, 0.25) is 0 Å². The monoisotopic (exact) mass is 728 g/mol. The first-order chi connectivity index (χ1) is 19.1. The highest BCUT2D eigenvalue weighted by Gasteiger charge is 2.99. The number of halogens is 21. The van der Waals surface area contributed by atoms with Crippen LogP contribution in [0.25, 0.3) is 0 Å². The molecule has 0 atom stereocenters. The lowest BCUT2D eigenvalue weighted by atomic mass is 9.87. The molecule has 0 aliphatic carbocycles. The van der Waals surface area contributed by atoms with Crippen LogP contribution in [-0.2, 0) is 13.3 Å². The number of aliphatic hydroxyl groups is 1. The Balaban J connectivity index is 0. The summed E-state index contributed by atoms with van der Waals surface area (Å²) < 4.78 is 297.